The van der Waals surface area contributed by atoms with Gasteiger partial charge in [-0.05, 0) is 75.6 Å². The second-order valence-corrected chi connectivity index (χ2v) is 11.8. The van der Waals surface area contributed by atoms with Crippen molar-refractivity contribution in [2.24, 2.45) is 10.7 Å². The predicted molar refractivity (Wildman–Crippen MR) is 175 cm³/mol. The van der Waals surface area contributed by atoms with Gasteiger partial charge in [0.2, 0.25) is 5.91 Å². The van der Waals surface area contributed by atoms with Gasteiger partial charge < -0.3 is 35.6 Å². The maximum atomic E-state index is 13.8. The van der Waals surface area contributed by atoms with Crippen molar-refractivity contribution in [3.63, 3.8) is 0 Å². The average Bonchev–Trinajstić information content (AvgIpc) is 3.02. The first-order chi connectivity index (χ1) is 21.2. The summed E-state index contributed by atoms with van der Waals surface area (Å²) in [6, 6.07) is 10.8. The molecule has 2 amide bonds. The van der Waals surface area contributed by atoms with Crippen molar-refractivity contribution in [3.05, 3.63) is 76.6 Å². The first-order valence-corrected chi connectivity index (χ1v) is 15.3. The fraction of sp³-hybridized carbons (Fsp3) is 0.406. The second kappa shape index (κ2) is 15.4. The third kappa shape index (κ3) is 8.32. The molecule has 44 heavy (non-hydrogen) atoms. The van der Waals surface area contributed by atoms with E-state index in [0.29, 0.717) is 64.8 Å². The Balaban J connectivity index is 1.45. The average molecular weight is 644 g/mol. The van der Waals surface area contributed by atoms with Crippen LogP contribution in [-0.2, 0) is 16.1 Å². The number of likely N-dealkylation sites (tertiary alicyclic amines) is 2. The van der Waals surface area contributed by atoms with Crippen molar-refractivity contribution < 1.29 is 19.1 Å². The summed E-state index contributed by atoms with van der Waals surface area (Å²) >= 11 is 12.9. The Kier molecular flexibility index (Phi) is 11.7. The molecule has 2 aliphatic heterocycles. The molecule has 2 fully saturated rings. The summed E-state index contributed by atoms with van der Waals surface area (Å²) in [6.45, 7) is 7.17. The van der Waals surface area contributed by atoms with Crippen LogP contribution in [0, 0.1) is 0 Å². The lowest BCUT2D eigenvalue weighted by molar-refractivity contribution is -0.134. The highest BCUT2D eigenvalue weighted by Crippen LogP contribution is 2.34. The van der Waals surface area contributed by atoms with Crippen molar-refractivity contribution in [2.75, 3.05) is 40.3 Å². The van der Waals surface area contributed by atoms with Crippen molar-refractivity contribution in [3.8, 4) is 17.2 Å². The summed E-state index contributed by atoms with van der Waals surface area (Å²) < 4.78 is 11.1. The van der Waals surface area contributed by atoms with Crippen LogP contribution >= 0.6 is 23.2 Å². The SMILES string of the molecule is C=CN=C/C(=C\N)C(=O)NC1(C(=O)NCc2ccc(Oc3ccc(OC)cc3Cl)cc2Cl)CCN(C2CCN(C)CC2)CC1. The number of methoxy groups -OCH3 is 1. The standard InChI is InChI=1S/C32H40Cl2N6O4/c1-4-36-20-23(19-35)30(41)38-32(11-15-40(16-12-32)24-9-13-39(2)14-10-24)31(42)37-21-22-5-6-26(18-27(22)33)44-29-8-7-25(43-3)17-28(29)34/h4-8,17-20,24H,1,9-16,21,35H2,2-3H3,(H,37,42)(H,38,41)/b23-19+,36-20?. The highest BCUT2D eigenvalue weighted by atomic mass is 35.5. The number of nitrogens with one attached hydrogen (secondary N) is 2. The van der Waals surface area contributed by atoms with E-state index in [4.69, 9.17) is 38.4 Å². The molecule has 0 unspecified atom stereocenters. The molecule has 0 radical (unpaired) electrons. The quantitative estimate of drug-likeness (QED) is 0.243. The minimum absolute atomic E-state index is 0.144. The molecule has 0 atom stereocenters. The number of piperidine rings is 2. The Hall–Kier alpha value is -3.57. The summed E-state index contributed by atoms with van der Waals surface area (Å²) in [7, 11) is 3.70. The normalized spacial score (nSPS) is 18.1. The number of ether oxygens (including phenoxy) is 2. The highest BCUT2D eigenvalue weighted by molar-refractivity contribution is 6.32. The Bertz CT molecular complexity index is 1400. The third-order valence-electron chi connectivity index (χ3n) is 8.24. The molecular weight excluding hydrogens is 603 g/mol. The van der Waals surface area contributed by atoms with E-state index >= 15 is 0 Å². The van der Waals surface area contributed by atoms with Gasteiger partial charge in [-0.1, -0.05) is 35.8 Å². The zero-order chi connectivity index (χ0) is 31.7. The fourth-order valence-corrected chi connectivity index (χ4v) is 5.98. The first kappa shape index (κ1) is 33.3. The van der Waals surface area contributed by atoms with Crippen LogP contribution < -0.4 is 25.8 Å². The number of aliphatic imine (C=N–C) groups is 1. The zero-order valence-electron chi connectivity index (χ0n) is 25.2. The van der Waals surface area contributed by atoms with Crippen LogP contribution in [0.2, 0.25) is 10.0 Å². The number of hydrogen-bond donors (Lipinski definition) is 3. The molecule has 0 aromatic heterocycles. The summed E-state index contributed by atoms with van der Waals surface area (Å²) in [5, 5.41) is 6.81. The van der Waals surface area contributed by atoms with Crippen molar-refractivity contribution in [1.29, 1.82) is 0 Å². The van der Waals surface area contributed by atoms with Gasteiger partial charge in [-0.2, -0.15) is 0 Å². The molecule has 0 aliphatic carbocycles. The van der Waals surface area contributed by atoms with Crippen molar-refractivity contribution in [2.45, 2.75) is 43.8 Å². The van der Waals surface area contributed by atoms with Crippen LogP contribution in [0.3, 0.4) is 0 Å². The lowest BCUT2D eigenvalue weighted by Gasteiger charge is -2.45. The van der Waals surface area contributed by atoms with Gasteiger partial charge >= 0.3 is 0 Å². The number of amides is 2. The molecular formula is C32H40Cl2N6O4. The van der Waals surface area contributed by atoms with E-state index in [1.54, 1.807) is 43.5 Å². The van der Waals surface area contributed by atoms with E-state index in [0.717, 1.165) is 25.9 Å². The lowest BCUT2D eigenvalue weighted by Crippen LogP contribution is -2.64. The molecule has 0 bridgehead atoms. The lowest BCUT2D eigenvalue weighted by atomic mass is 9.84. The molecule has 2 aliphatic rings. The molecule has 2 aromatic carbocycles. The van der Waals surface area contributed by atoms with Crippen LogP contribution in [0.5, 0.6) is 17.2 Å². The number of rotatable bonds is 11. The first-order valence-electron chi connectivity index (χ1n) is 14.6. The predicted octanol–water partition coefficient (Wildman–Crippen LogP) is 4.51. The second-order valence-electron chi connectivity index (χ2n) is 11.0. The molecule has 236 valence electrons. The molecule has 2 saturated heterocycles. The van der Waals surface area contributed by atoms with Crippen LogP contribution in [-0.4, -0.2) is 79.7 Å². The van der Waals surface area contributed by atoms with Gasteiger partial charge in [0.1, 0.15) is 22.8 Å². The van der Waals surface area contributed by atoms with Gasteiger partial charge in [-0.25, -0.2) is 0 Å². The molecule has 12 heteroatoms. The molecule has 4 rings (SSSR count). The minimum Gasteiger partial charge on any atom is -0.497 e. The highest BCUT2D eigenvalue weighted by Gasteiger charge is 2.44. The van der Waals surface area contributed by atoms with Gasteiger partial charge in [0.25, 0.3) is 5.91 Å². The van der Waals surface area contributed by atoms with E-state index < -0.39 is 11.4 Å². The van der Waals surface area contributed by atoms with Gasteiger partial charge in [-0.15, -0.1) is 0 Å². The van der Waals surface area contributed by atoms with Gasteiger partial charge in [-0.3, -0.25) is 14.6 Å². The minimum atomic E-state index is -1.13. The third-order valence-corrected chi connectivity index (χ3v) is 8.88. The molecule has 4 N–H and O–H groups in total. The fourth-order valence-electron chi connectivity index (χ4n) is 5.54. The molecule has 2 aromatic rings. The Morgan fingerprint density at radius 2 is 1.77 bits per heavy atom. The van der Waals surface area contributed by atoms with Gasteiger partial charge in [0.15, 0.2) is 0 Å². The zero-order valence-corrected chi connectivity index (χ0v) is 26.7. The topological polar surface area (TPSA) is 122 Å². The number of carbonyl (C=O) groups excluding carboxylic acids is 2. The van der Waals surface area contributed by atoms with Crippen LogP contribution in [0.25, 0.3) is 0 Å². The maximum absolute atomic E-state index is 13.8. The van der Waals surface area contributed by atoms with Crippen molar-refractivity contribution in [1.82, 2.24) is 20.4 Å². The summed E-state index contributed by atoms with van der Waals surface area (Å²) in [4.78, 5) is 35.8. The molecule has 0 spiro atoms. The molecule has 0 saturated carbocycles. The van der Waals surface area contributed by atoms with E-state index in [9.17, 15) is 9.59 Å². The Labute approximate surface area is 268 Å². The number of carbonyl (C=O) groups is 2. The van der Waals surface area contributed by atoms with E-state index in [-0.39, 0.29) is 18.0 Å². The number of hydrogen-bond acceptors (Lipinski definition) is 8. The summed E-state index contributed by atoms with van der Waals surface area (Å²) in [5.41, 5.74) is 5.41. The largest absolute Gasteiger partial charge is 0.497 e. The van der Waals surface area contributed by atoms with E-state index in [2.05, 4.69) is 39.1 Å². The maximum Gasteiger partial charge on any atom is 0.255 e. The monoisotopic (exact) mass is 642 g/mol. The van der Waals surface area contributed by atoms with E-state index in [1.165, 1.54) is 18.6 Å². The van der Waals surface area contributed by atoms with Crippen LogP contribution in [0.1, 0.15) is 31.2 Å². The summed E-state index contributed by atoms with van der Waals surface area (Å²) in [5.74, 6) is 0.806. The Morgan fingerprint density at radius 1 is 1.09 bits per heavy atom. The number of halogens is 2. The van der Waals surface area contributed by atoms with Crippen molar-refractivity contribution >= 4 is 41.2 Å². The smallest absolute Gasteiger partial charge is 0.255 e. The Morgan fingerprint density at radius 3 is 2.39 bits per heavy atom. The molecule has 10 nitrogen and oxygen atoms in total. The number of nitrogens with two attached hydrogens (primary N) is 1. The van der Waals surface area contributed by atoms with Gasteiger partial charge in [0.05, 0.1) is 17.7 Å². The molecule has 2 heterocycles. The van der Waals surface area contributed by atoms with E-state index in [1.807, 2.05) is 0 Å². The van der Waals surface area contributed by atoms with Gasteiger partial charge in [0, 0.05) is 55.4 Å². The summed E-state index contributed by atoms with van der Waals surface area (Å²) in [6.07, 6.45) is 6.89. The van der Waals surface area contributed by atoms with Crippen LogP contribution in [0.4, 0.5) is 0 Å². The number of nitrogens with zero attached hydrogens (tertiary/aromatic N) is 3. The van der Waals surface area contributed by atoms with Crippen LogP contribution in [0.15, 0.2) is 65.9 Å². The number of benzene rings is 2.